The molecule has 1 aromatic heterocycles. The van der Waals surface area contributed by atoms with Crippen LogP contribution in [0.1, 0.15) is 30.1 Å². The van der Waals surface area contributed by atoms with Gasteiger partial charge in [0.15, 0.2) is 0 Å². The molecule has 1 amide bonds. The first-order valence-corrected chi connectivity index (χ1v) is 6.81. The Morgan fingerprint density at radius 1 is 1.58 bits per heavy atom. The Bertz CT molecular complexity index is 459. The molecule has 0 bridgehead atoms. The number of piperidine rings is 1. The summed E-state index contributed by atoms with van der Waals surface area (Å²) in [6.45, 7) is 4.10. The molecule has 1 aliphatic rings. The quantitative estimate of drug-likeness (QED) is 0.921. The maximum atomic E-state index is 12.3. The molecular formula is C13H18ClN3O2. The van der Waals surface area contributed by atoms with Crippen molar-refractivity contribution in [3.63, 3.8) is 0 Å². The van der Waals surface area contributed by atoms with Crippen LogP contribution in [-0.4, -0.2) is 41.6 Å². The fraction of sp³-hybridized carbons (Fsp3) is 0.538. The summed E-state index contributed by atoms with van der Waals surface area (Å²) in [5.41, 5.74) is 6.01. The number of carbonyl (C=O) groups excluding carboxylic acids is 1. The molecule has 0 aliphatic carbocycles. The number of hydrogen-bond acceptors (Lipinski definition) is 4. The minimum Gasteiger partial charge on any atom is -0.382 e. The lowest BCUT2D eigenvalue weighted by molar-refractivity contribution is 0.0146. The van der Waals surface area contributed by atoms with Gasteiger partial charge in [-0.2, -0.15) is 0 Å². The average molecular weight is 284 g/mol. The van der Waals surface area contributed by atoms with Gasteiger partial charge in [-0.25, -0.2) is 4.98 Å². The number of halogens is 1. The first kappa shape index (κ1) is 14.1. The molecule has 1 saturated heterocycles. The summed E-state index contributed by atoms with van der Waals surface area (Å²) < 4.78 is 5.56. The average Bonchev–Trinajstić information content (AvgIpc) is 2.42. The summed E-state index contributed by atoms with van der Waals surface area (Å²) in [5.74, 6) is 0.192. The molecule has 1 aromatic rings. The number of pyridine rings is 1. The second-order valence-corrected chi connectivity index (χ2v) is 4.95. The van der Waals surface area contributed by atoms with E-state index in [0.717, 1.165) is 19.4 Å². The molecule has 2 heterocycles. The molecule has 1 aliphatic heterocycles. The van der Waals surface area contributed by atoms with E-state index in [1.165, 1.54) is 6.20 Å². The van der Waals surface area contributed by atoms with Gasteiger partial charge in [0.1, 0.15) is 5.82 Å². The zero-order chi connectivity index (χ0) is 13.8. The van der Waals surface area contributed by atoms with E-state index < -0.39 is 0 Å². The maximum absolute atomic E-state index is 12.3. The van der Waals surface area contributed by atoms with Crippen LogP contribution in [0.15, 0.2) is 12.3 Å². The highest BCUT2D eigenvalue weighted by Crippen LogP contribution is 2.20. The summed E-state index contributed by atoms with van der Waals surface area (Å²) in [5, 5.41) is 0.315. The number of carbonyl (C=O) groups is 1. The van der Waals surface area contributed by atoms with Gasteiger partial charge in [-0.15, -0.1) is 0 Å². The van der Waals surface area contributed by atoms with E-state index >= 15 is 0 Å². The molecule has 0 atom stereocenters. The number of rotatable bonds is 3. The van der Waals surface area contributed by atoms with Crippen molar-refractivity contribution in [3.05, 3.63) is 22.8 Å². The predicted molar refractivity (Wildman–Crippen MR) is 74.2 cm³/mol. The molecule has 0 radical (unpaired) electrons. The minimum atomic E-state index is -0.0515. The zero-order valence-corrected chi connectivity index (χ0v) is 11.7. The third-order valence-corrected chi connectivity index (χ3v) is 3.55. The van der Waals surface area contributed by atoms with E-state index in [4.69, 9.17) is 22.1 Å². The Labute approximate surface area is 117 Å². The molecule has 0 aromatic carbocycles. The van der Waals surface area contributed by atoms with Crippen LogP contribution < -0.4 is 5.73 Å². The van der Waals surface area contributed by atoms with Crippen LogP contribution in [0.25, 0.3) is 0 Å². The molecule has 2 N–H and O–H groups in total. The van der Waals surface area contributed by atoms with Crippen molar-refractivity contribution in [1.29, 1.82) is 0 Å². The van der Waals surface area contributed by atoms with Gasteiger partial charge in [-0.1, -0.05) is 11.6 Å². The van der Waals surface area contributed by atoms with Crippen molar-refractivity contribution < 1.29 is 9.53 Å². The summed E-state index contributed by atoms with van der Waals surface area (Å²) in [4.78, 5) is 18.0. The van der Waals surface area contributed by atoms with E-state index in [1.807, 2.05) is 6.92 Å². The molecule has 0 spiro atoms. The molecule has 19 heavy (non-hydrogen) atoms. The Kier molecular flexibility index (Phi) is 4.61. The van der Waals surface area contributed by atoms with Gasteiger partial charge >= 0.3 is 0 Å². The van der Waals surface area contributed by atoms with Gasteiger partial charge in [0.25, 0.3) is 5.91 Å². The summed E-state index contributed by atoms with van der Waals surface area (Å²) in [6.07, 6.45) is 3.48. The standard InChI is InChI=1S/C13H18ClN3O2/c1-2-19-10-3-5-17(6-4-10)13(18)9-7-11(14)12(15)16-8-9/h7-8,10H,2-6H2,1H3,(H2,15,16). The Morgan fingerprint density at radius 2 is 2.26 bits per heavy atom. The minimum absolute atomic E-state index is 0.0515. The number of nitrogens with zero attached hydrogens (tertiary/aromatic N) is 2. The molecule has 104 valence electrons. The smallest absolute Gasteiger partial charge is 0.255 e. The van der Waals surface area contributed by atoms with Gasteiger partial charge < -0.3 is 15.4 Å². The topological polar surface area (TPSA) is 68.5 Å². The van der Waals surface area contributed by atoms with Crippen LogP contribution >= 0.6 is 11.6 Å². The summed E-state index contributed by atoms with van der Waals surface area (Å²) >= 11 is 5.88. The van der Waals surface area contributed by atoms with Gasteiger partial charge in [0, 0.05) is 25.9 Å². The third-order valence-electron chi connectivity index (χ3n) is 3.25. The Balaban J connectivity index is 1.99. The molecule has 5 nitrogen and oxygen atoms in total. The maximum Gasteiger partial charge on any atom is 0.255 e. The lowest BCUT2D eigenvalue weighted by atomic mass is 10.1. The van der Waals surface area contributed by atoms with Gasteiger partial charge in [-0.05, 0) is 25.8 Å². The molecule has 0 unspecified atom stereocenters. The van der Waals surface area contributed by atoms with Crippen molar-refractivity contribution in [2.45, 2.75) is 25.9 Å². The van der Waals surface area contributed by atoms with Crippen molar-refractivity contribution in [1.82, 2.24) is 9.88 Å². The summed E-state index contributed by atoms with van der Waals surface area (Å²) in [7, 11) is 0. The third kappa shape index (κ3) is 3.36. The second kappa shape index (κ2) is 6.21. The highest BCUT2D eigenvalue weighted by atomic mass is 35.5. The van der Waals surface area contributed by atoms with Crippen molar-refractivity contribution in [3.8, 4) is 0 Å². The predicted octanol–water partition coefficient (Wildman–Crippen LogP) is 1.96. The number of anilines is 1. The van der Waals surface area contributed by atoms with Crippen molar-refractivity contribution >= 4 is 23.3 Å². The van der Waals surface area contributed by atoms with Crippen LogP contribution in [0.4, 0.5) is 5.82 Å². The van der Waals surface area contributed by atoms with E-state index in [2.05, 4.69) is 4.98 Å². The van der Waals surface area contributed by atoms with E-state index in [9.17, 15) is 4.79 Å². The lowest BCUT2D eigenvalue weighted by Gasteiger charge is -2.31. The van der Waals surface area contributed by atoms with E-state index in [-0.39, 0.29) is 17.8 Å². The molecular weight excluding hydrogens is 266 g/mol. The molecule has 0 saturated carbocycles. The largest absolute Gasteiger partial charge is 0.382 e. The van der Waals surface area contributed by atoms with Crippen molar-refractivity contribution in [2.24, 2.45) is 0 Å². The van der Waals surface area contributed by atoms with Gasteiger partial charge in [0.05, 0.1) is 16.7 Å². The highest BCUT2D eigenvalue weighted by molar-refractivity contribution is 6.33. The normalized spacial score (nSPS) is 16.6. The molecule has 1 fully saturated rings. The Morgan fingerprint density at radius 3 is 2.84 bits per heavy atom. The van der Waals surface area contributed by atoms with Crippen LogP contribution in [-0.2, 0) is 4.74 Å². The number of nitrogen functional groups attached to an aromatic ring is 1. The van der Waals surface area contributed by atoms with E-state index in [1.54, 1.807) is 11.0 Å². The van der Waals surface area contributed by atoms with Crippen LogP contribution in [0.3, 0.4) is 0 Å². The summed E-state index contributed by atoms with van der Waals surface area (Å²) in [6, 6.07) is 1.57. The van der Waals surface area contributed by atoms with Crippen LogP contribution in [0.2, 0.25) is 5.02 Å². The fourth-order valence-corrected chi connectivity index (χ4v) is 2.38. The molecule has 2 rings (SSSR count). The molecule has 6 heteroatoms. The zero-order valence-electron chi connectivity index (χ0n) is 10.9. The van der Waals surface area contributed by atoms with E-state index in [0.29, 0.717) is 23.7 Å². The van der Waals surface area contributed by atoms with Gasteiger partial charge in [0.2, 0.25) is 0 Å². The van der Waals surface area contributed by atoms with Crippen LogP contribution in [0, 0.1) is 0 Å². The Hall–Kier alpha value is -1.33. The van der Waals surface area contributed by atoms with Gasteiger partial charge in [-0.3, -0.25) is 4.79 Å². The number of hydrogen-bond donors (Lipinski definition) is 1. The first-order chi connectivity index (χ1) is 9.11. The number of likely N-dealkylation sites (tertiary alicyclic amines) is 1. The monoisotopic (exact) mass is 283 g/mol. The SMILES string of the molecule is CCOC1CCN(C(=O)c2cnc(N)c(Cl)c2)CC1. The van der Waals surface area contributed by atoms with Crippen LogP contribution in [0.5, 0.6) is 0 Å². The van der Waals surface area contributed by atoms with Crippen molar-refractivity contribution in [2.75, 3.05) is 25.4 Å². The second-order valence-electron chi connectivity index (χ2n) is 4.54. The first-order valence-electron chi connectivity index (χ1n) is 6.43. The number of ether oxygens (including phenoxy) is 1. The highest BCUT2D eigenvalue weighted by Gasteiger charge is 2.24. The number of aromatic nitrogens is 1. The lowest BCUT2D eigenvalue weighted by Crippen LogP contribution is -2.40. The number of amides is 1. The fourth-order valence-electron chi connectivity index (χ4n) is 2.21. The number of nitrogens with two attached hydrogens (primary N) is 1.